The third-order valence-electron chi connectivity index (χ3n) is 3.04. The van der Waals surface area contributed by atoms with Gasteiger partial charge in [0.05, 0.1) is 24.1 Å². The number of anilines is 2. The van der Waals surface area contributed by atoms with Crippen molar-refractivity contribution in [2.45, 2.75) is 19.3 Å². The highest BCUT2D eigenvalue weighted by Gasteiger charge is 2.15. The van der Waals surface area contributed by atoms with E-state index < -0.39 is 28.2 Å². The van der Waals surface area contributed by atoms with Crippen molar-refractivity contribution in [2.24, 2.45) is 0 Å². The van der Waals surface area contributed by atoms with Gasteiger partial charge in [-0.05, 0) is 25.0 Å². The average molecular weight is 299 g/mol. The average Bonchev–Trinajstić information content (AvgIpc) is 2.91. The normalized spacial score (nSPS) is 15.3. The van der Waals surface area contributed by atoms with E-state index in [1.54, 1.807) is 12.1 Å². The number of nitrogens with one attached hydrogen (secondary N) is 1. The van der Waals surface area contributed by atoms with Crippen LogP contribution < -0.4 is 9.62 Å². The number of hydrogen-bond donors (Lipinski definition) is 2. The first kappa shape index (κ1) is 14.6. The highest BCUT2D eigenvalue weighted by molar-refractivity contribution is 7.92. The molecule has 8 heteroatoms. The molecule has 1 fully saturated rings. The Bertz CT molecular complexity index is 565. The maximum absolute atomic E-state index is 11.6. The summed E-state index contributed by atoms with van der Waals surface area (Å²) in [5, 5.41) is 8.49. The minimum absolute atomic E-state index is 0.346. The van der Waals surface area contributed by atoms with Crippen LogP contribution in [0, 0.1) is 0 Å². The minimum Gasteiger partial charge on any atom is -0.481 e. The maximum atomic E-state index is 11.6. The SMILES string of the molecule is O=C(O)CCS(=O)(=O)Nc1ccc(N2CCCC2)nc1. The summed E-state index contributed by atoms with van der Waals surface area (Å²) in [5.74, 6) is -0.759. The maximum Gasteiger partial charge on any atom is 0.304 e. The zero-order valence-electron chi connectivity index (χ0n) is 10.9. The molecule has 1 saturated heterocycles. The molecule has 0 unspecified atom stereocenters. The van der Waals surface area contributed by atoms with Crippen LogP contribution in [0.3, 0.4) is 0 Å². The fourth-order valence-corrected chi connectivity index (χ4v) is 3.06. The van der Waals surface area contributed by atoms with Crippen LogP contribution in [-0.2, 0) is 14.8 Å². The molecule has 0 aromatic carbocycles. The van der Waals surface area contributed by atoms with Gasteiger partial charge in [-0.15, -0.1) is 0 Å². The highest BCUT2D eigenvalue weighted by Crippen LogP contribution is 2.19. The Hall–Kier alpha value is -1.83. The van der Waals surface area contributed by atoms with E-state index in [2.05, 4.69) is 14.6 Å². The van der Waals surface area contributed by atoms with E-state index in [4.69, 9.17) is 5.11 Å². The summed E-state index contributed by atoms with van der Waals surface area (Å²) in [6, 6.07) is 3.40. The number of carbonyl (C=O) groups is 1. The van der Waals surface area contributed by atoms with Gasteiger partial charge in [0.2, 0.25) is 10.0 Å². The molecule has 0 radical (unpaired) electrons. The van der Waals surface area contributed by atoms with Crippen molar-refractivity contribution >= 4 is 27.5 Å². The summed E-state index contributed by atoms with van der Waals surface area (Å²) in [6.07, 6.45) is 3.32. The van der Waals surface area contributed by atoms with Gasteiger partial charge in [0, 0.05) is 13.1 Å². The van der Waals surface area contributed by atoms with Gasteiger partial charge in [-0.3, -0.25) is 9.52 Å². The van der Waals surface area contributed by atoms with Gasteiger partial charge in [0.25, 0.3) is 0 Å². The molecule has 0 bridgehead atoms. The van der Waals surface area contributed by atoms with Crippen LogP contribution in [0.1, 0.15) is 19.3 Å². The Kier molecular flexibility index (Phi) is 4.43. The van der Waals surface area contributed by atoms with Crippen LogP contribution in [0.25, 0.3) is 0 Å². The number of hydrogen-bond acceptors (Lipinski definition) is 5. The Balaban J connectivity index is 1.97. The molecule has 0 aliphatic carbocycles. The molecule has 0 spiro atoms. The standard InChI is InChI=1S/C12H17N3O4S/c16-12(17)5-8-20(18,19)14-10-3-4-11(13-9-10)15-6-1-2-7-15/h3-4,9,14H,1-2,5-8H2,(H,16,17). The van der Waals surface area contributed by atoms with Gasteiger partial charge in [0.15, 0.2) is 0 Å². The van der Waals surface area contributed by atoms with Crippen molar-refractivity contribution in [3.8, 4) is 0 Å². The fourth-order valence-electron chi connectivity index (χ4n) is 2.03. The molecule has 1 aliphatic rings. The van der Waals surface area contributed by atoms with E-state index in [0.717, 1.165) is 31.7 Å². The zero-order valence-corrected chi connectivity index (χ0v) is 11.8. The van der Waals surface area contributed by atoms with E-state index in [-0.39, 0.29) is 0 Å². The van der Waals surface area contributed by atoms with Crippen LogP contribution in [0.2, 0.25) is 0 Å². The first-order chi connectivity index (χ1) is 9.46. The third kappa shape index (κ3) is 4.09. The lowest BCUT2D eigenvalue weighted by atomic mass is 10.4. The number of rotatable bonds is 6. The Morgan fingerprint density at radius 2 is 2.05 bits per heavy atom. The number of sulfonamides is 1. The van der Waals surface area contributed by atoms with E-state index in [1.807, 2.05) is 0 Å². The Morgan fingerprint density at radius 3 is 2.60 bits per heavy atom. The lowest BCUT2D eigenvalue weighted by molar-refractivity contribution is -0.136. The number of aliphatic carboxylic acids is 1. The van der Waals surface area contributed by atoms with Crippen molar-refractivity contribution in [3.63, 3.8) is 0 Å². The number of aromatic nitrogens is 1. The second-order valence-corrected chi connectivity index (χ2v) is 6.51. The second-order valence-electron chi connectivity index (χ2n) is 4.66. The summed E-state index contributed by atoms with van der Waals surface area (Å²) in [7, 11) is -3.65. The molecule has 2 rings (SSSR count). The Labute approximate surface area is 117 Å². The van der Waals surface area contributed by atoms with Gasteiger partial charge in [-0.25, -0.2) is 13.4 Å². The zero-order chi connectivity index (χ0) is 14.6. The fraction of sp³-hybridized carbons (Fsp3) is 0.500. The van der Waals surface area contributed by atoms with Gasteiger partial charge in [-0.1, -0.05) is 0 Å². The minimum atomic E-state index is -3.65. The van der Waals surface area contributed by atoms with Gasteiger partial charge < -0.3 is 10.0 Å². The Morgan fingerprint density at radius 1 is 1.35 bits per heavy atom. The summed E-state index contributed by atoms with van der Waals surface area (Å²) in [6.45, 7) is 1.94. The molecule has 1 aromatic rings. The monoisotopic (exact) mass is 299 g/mol. The lowest BCUT2D eigenvalue weighted by Crippen LogP contribution is -2.20. The summed E-state index contributed by atoms with van der Waals surface area (Å²) in [5.41, 5.74) is 0.346. The quantitative estimate of drug-likeness (QED) is 0.809. The molecule has 0 saturated carbocycles. The van der Waals surface area contributed by atoms with E-state index >= 15 is 0 Å². The third-order valence-corrected chi connectivity index (χ3v) is 4.32. The highest BCUT2D eigenvalue weighted by atomic mass is 32.2. The van der Waals surface area contributed by atoms with E-state index in [0.29, 0.717) is 5.69 Å². The predicted molar refractivity (Wildman–Crippen MR) is 75.3 cm³/mol. The molecule has 7 nitrogen and oxygen atoms in total. The van der Waals surface area contributed by atoms with Crippen molar-refractivity contribution in [2.75, 3.05) is 28.5 Å². The van der Waals surface area contributed by atoms with Crippen molar-refractivity contribution in [3.05, 3.63) is 18.3 Å². The molecule has 110 valence electrons. The molecule has 2 heterocycles. The molecular formula is C12H17N3O4S. The predicted octanol–water partition coefficient (Wildman–Crippen LogP) is 0.898. The van der Waals surface area contributed by atoms with Crippen LogP contribution in [-0.4, -0.2) is 43.3 Å². The van der Waals surface area contributed by atoms with Gasteiger partial charge in [0.1, 0.15) is 5.82 Å². The van der Waals surface area contributed by atoms with Crippen LogP contribution in [0.5, 0.6) is 0 Å². The number of carboxylic acid groups (broad SMARTS) is 1. The molecule has 1 aromatic heterocycles. The second kappa shape index (κ2) is 6.08. The number of carboxylic acids is 1. The number of pyridine rings is 1. The van der Waals surface area contributed by atoms with Crippen LogP contribution in [0.4, 0.5) is 11.5 Å². The summed E-state index contributed by atoms with van der Waals surface area (Å²) >= 11 is 0. The summed E-state index contributed by atoms with van der Waals surface area (Å²) < 4.78 is 25.6. The van der Waals surface area contributed by atoms with Crippen LogP contribution >= 0.6 is 0 Å². The topological polar surface area (TPSA) is 99.6 Å². The summed E-state index contributed by atoms with van der Waals surface area (Å²) in [4.78, 5) is 16.7. The first-order valence-electron chi connectivity index (χ1n) is 6.39. The largest absolute Gasteiger partial charge is 0.481 e. The van der Waals surface area contributed by atoms with Crippen LogP contribution in [0.15, 0.2) is 18.3 Å². The van der Waals surface area contributed by atoms with Crippen molar-refractivity contribution < 1.29 is 18.3 Å². The molecule has 0 atom stereocenters. The van der Waals surface area contributed by atoms with Gasteiger partial charge >= 0.3 is 5.97 Å². The first-order valence-corrected chi connectivity index (χ1v) is 8.05. The smallest absolute Gasteiger partial charge is 0.304 e. The lowest BCUT2D eigenvalue weighted by Gasteiger charge is -2.16. The molecule has 0 amide bonds. The van der Waals surface area contributed by atoms with E-state index in [1.165, 1.54) is 6.20 Å². The van der Waals surface area contributed by atoms with Crippen molar-refractivity contribution in [1.29, 1.82) is 0 Å². The van der Waals surface area contributed by atoms with E-state index in [9.17, 15) is 13.2 Å². The van der Waals surface area contributed by atoms with Gasteiger partial charge in [-0.2, -0.15) is 0 Å². The molecule has 1 aliphatic heterocycles. The molecule has 20 heavy (non-hydrogen) atoms. The molecule has 2 N–H and O–H groups in total. The van der Waals surface area contributed by atoms with Crippen molar-refractivity contribution in [1.82, 2.24) is 4.98 Å². The number of nitrogens with zero attached hydrogens (tertiary/aromatic N) is 2. The molecular weight excluding hydrogens is 282 g/mol.